The summed E-state index contributed by atoms with van der Waals surface area (Å²) in [4.78, 5) is 4.24. The van der Waals surface area contributed by atoms with E-state index >= 15 is 0 Å². The molecule has 0 aromatic carbocycles. The zero-order valence-electron chi connectivity index (χ0n) is 9.08. The molecule has 0 radical (unpaired) electrons. The van der Waals surface area contributed by atoms with Crippen LogP contribution in [0.5, 0.6) is 0 Å². The van der Waals surface area contributed by atoms with E-state index in [0.717, 1.165) is 18.3 Å². The summed E-state index contributed by atoms with van der Waals surface area (Å²) in [5, 5.41) is 0. The van der Waals surface area contributed by atoms with Crippen LogP contribution in [0.15, 0.2) is 12.4 Å². The van der Waals surface area contributed by atoms with Crippen LogP contribution in [0.1, 0.15) is 44.3 Å². The van der Waals surface area contributed by atoms with Crippen LogP contribution >= 0.6 is 0 Å². The number of hydrogen-bond acceptors (Lipinski definition) is 1. The number of aryl methyl sites for hydroxylation is 2. The highest BCUT2D eigenvalue weighted by Crippen LogP contribution is 2.26. The Morgan fingerprint density at radius 1 is 1.36 bits per heavy atom. The van der Waals surface area contributed by atoms with E-state index in [0.29, 0.717) is 0 Å². The molecule has 1 aromatic heterocycles. The van der Waals surface area contributed by atoms with Gasteiger partial charge >= 0.3 is 0 Å². The molecule has 0 N–H and O–H groups in total. The first-order valence-corrected chi connectivity index (χ1v) is 5.84. The minimum absolute atomic E-state index is 0.977. The van der Waals surface area contributed by atoms with E-state index in [9.17, 15) is 0 Å². The molecule has 2 rings (SSSR count). The predicted molar refractivity (Wildman–Crippen MR) is 58.2 cm³/mol. The smallest absolute Gasteiger partial charge is 0.105 e. The summed E-state index contributed by atoms with van der Waals surface area (Å²) < 4.78 is 2.27. The van der Waals surface area contributed by atoms with Gasteiger partial charge in [-0.05, 0) is 19.3 Å². The fraction of sp³-hybridized carbons (Fsp3) is 0.750. The number of imidazole rings is 1. The van der Waals surface area contributed by atoms with E-state index < -0.39 is 0 Å². The van der Waals surface area contributed by atoms with Crippen molar-refractivity contribution in [2.45, 2.75) is 52.0 Å². The molecule has 0 unspecified atom stereocenters. The Morgan fingerprint density at radius 2 is 2.14 bits per heavy atom. The van der Waals surface area contributed by atoms with Crippen LogP contribution in [0.3, 0.4) is 0 Å². The topological polar surface area (TPSA) is 17.8 Å². The predicted octanol–water partition coefficient (Wildman–Crippen LogP) is 3.16. The van der Waals surface area contributed by atoms with Crippen LogP contribution in [0.2, 0.25) is 0 Å². The Balaban J connectivity index is 1.79. The molecular formula is C12H20N2. The van der Waals surface area contributed by atoms with Crippen molar-refractivity contribution in [3.63, 3.8) is 0 Å². The molecule has 78 valence electrons. The van der Waals surface area contributed by atoms with Gasteiger partial charge in [-0.25, -0.2) is 4.98 Å². The molecule has 1 aliphatic rings. The summed E-state index contributed by atoms with van der Waals surface area (Å²) >= 11 is 0. The van der Waals surface area contributed by atoms with Gasteiger partial charge in [0.25, 0.3) is 0 Å². The van der Waals surface area contributed by atoms with Gasteiger partial charge in [0.1, 0.15) is 5.82 Å². The van der Waals surface area contributed by atoms with Gasteiger partial charge in [-0.15, -0.1) is 0 Å². The van der Waals surface area contributed by atoms with E-state index in [2.05, 4.69) is 22.7 Å². The van der Waals surface area contributed by atoms with Crippen LogP contribution in [-0.2, 0) is 6.54 Å². The second kappa shape index (κ2) is 4.63. The van der Waals surface area contributed by atoms with Crippen LogP contribution < -0.4 is 0 Å². The van der Waals surface area contributed by atoms with Crippen LogP contribution in [-0.4, -0.2) is 9.55 Å². The van der Waals surface area contributed by atoms with E-state index in [4.69, 9.17) is 0 Å². The van der Waals surface area contributed by atoms with Crippen molar-refractivity contribution in [3.8, 4) is 0 Å². The molecule has 0 bridgehead atoms. The first-order chi connectivity index (χ1) is 6.86. The normalized spacial score (nSPS) is 18.6. The summed E-state index contributed by atoms with van der Waals surface area (Å²) in [6.07, 6.45) is 12.6. The third kappa shape index (κ3) is 2.37. The van der Waals surface area contributed by atoms with Crippen molar-refractivity contribution in [1.29, 1.82) is 0 Å². The molecule has 1 aliphatic carbocycles. The SMILES string of the molecule is Cc1nccn1CCC1CCCCC1. The molecular weight excluding hydrogens is 172 g/mol. The minimum Gasteiger partial charge on any atom is -0.335 e. The summed E-state index contributed by atoms with van der Waals surface area (Å²) in [5.41, 5.74) is 0. The summed E-state index contributed by atoms with van der Waals surface area (Å²) in [6.45, 7) is 3.25. The van der Waals surface area contributed by atoms with Gasteiger partial charge in [-0.1, -0.05) is 32.1 Å². The second-order valence-electron chi connectivity index (χ2n) is 4.46. The Bertz CT molecular complexity index is 272. The highest BCUT2D eigenvalue weighted by atomic mass is 15.0. The average Bonchev–Trinajstić information content (AvgIpc) is 2.63. The minimum atomic E-state index is 0.977. The lowest BCUT2D eigenvalue weighted by Gasteiger charge is -2.21. The zero-order chi connectivity index (χ0) is 9.80. The third-order valence-corrected chi connectivity index (χ3v) is 3.43. The van der Waals surface area contributed by atoms with Gasteiger partial charge < -0.3 is 4.57 Å². The molecule has 1 aromatic rings. The van der Waals surface area contributed by atoms with Gasteiger partial charge in [-0.3, -0.25) is 0 Å². The quantitative estimate of drug-likeness (QED) is 0.719. The Morgan fingerprint density at radius 3 is 2.79 bits per heavy atom. The Kier molecular flexibility index (Phi) is 3.22. The van der Waals surface area contributed by atoms with E-state index in [1.807, 2.05) is 6.20 Å². The molecule has 0 amide bonds. The largest absolute Gasteiger partial charge is 0.335 e. The average molecular weight is 192 g/mol. The van der Waals surface area contributed by atoms with E-state index in [1.54, 1.807) is 0 Å². The van der Waals surface area contributed by atoms with Gasteiger partial charge in [-0.2, -0.15) is 0 Å². The molecule has 0 spiro atoms. The van der Waals surface area contributed by atoms with Gasteiger partial charge in [0.05, 0.1) is 0 Å². The second-order valence-corrected chi connectivity index (χ2v) is 4.46. The lowest BCUT2D eigenvalue weighted by atomic mass is 9.87. The molecule has 0 aliphatic heterocycles. The maximum absolute atomic E-state index is 4.24. The molecule has 1 heterocycles. The fourth-order valence-corrected chi connectivity index (χ4v) is 2.44. The summed E-state index contributed by atoms with van der Waals surface area (Å²) in [5.74, 6) is 2.13. The van der Waals surface area contributed by atoms with E-state index in [-0.39, 0.29) is 0 Å². The highest BCUT2D eigenvalue weighted by Gasteiger charge is 2.13. The lowest BCUT2D eigenvalue weighted by molar-refractivity contribution is 0.323. The highest BCUT2D eigenvalue weighted by molar-refractivity contribution is 4.88. The molecule has 0 saturated heterocycles. The summed E-state index contributed by atoms with van der Waals surface area (Å²) in [7, 11) is 0. The van der Waals surface area contributed by atoms with Crippen molar-refractivity contribution in [1.82, 2.24) is 9.55 Å². The van der Waals surface area contributed by atoms with Crippen molar-refractivity contribution in [3.05, 3.63) is 18.2 Å². The number of rotatable bonds is 3. The lowest BCUT2D eigenvalue weighted by Crippen LogP contribution is -2.10. The number of aromatic nitrogens is 2. The first-order valence-electron chi connectivity index (χ1n) is 5.84. The molecule has 1 saturated carbocycles. The van der Waals surface area contributed by atoms with Gasteiger partial charge in [0.2, 0.25) is 0 Å². The zero-order valence-corrected chi connectivity index (χ0v) is 9.08. The van der Waals surface area contributed by atoms with Crippen molar-refractivity contribution < 1.29 is 0 Å². The Labute approximate surface area is 86.3 Å². The van der Waals surface area contributed by atoms with E-state index in [1.165, 1.54) is 38.5 Å². The van der Waals surface area contributed by atoms with Crippen molar-refractivity contribution in [2.75, 3.05) is 0 Å². The third-order valence-electron chi connectivity index (χ3n) is 3.43. The van der Waals surface area contributed by atoms with Crippen molar-refractivity contribution in [2.24, 2.45) is 5.92 Å². The number of hydrogen-bond donors (Lipinski definition) is 0. The van der Waals surface area contributed by atoms with Crippen LogP contribution in [0.25, 0.3) is 0 Å². The standard InChI is InChI=1S/C12H20N2/c1-11-13-8-10-14(11)9-7-12-5-3-2-4-6-12/h8,10,12H,2-7,9H2,1H3. The van der Waals surface area contributed by atoms with Gasteiger partial charge in [0, 0.05) is 18.9 Å². The maximum atomic E-state index is 4.24. The van der Waals surface area contributed by atoms with Crippen LogP contribution in [0.4, 0.5) is 0 Å². The van der Waals surface area contributed by atoms with Crippen molar-refractivity contribution >= 4 is 0 Å². The fourth-order valence-electron chi connectivity index (χ4n) is 2.44. The monoisotopic (exact) mass is 192 g/mol. The van der Waals surface area contributed by atoms with Crippen LogP contribution in [0, 0.1) is 12.8 Å². The maximum Gasteiger partial charge on any atom is 0.105 e. The summed E-state index contributed by atoms with van der Waals surface area (Å²) in [6, 6.07) is 0. The Hall–Kier alpha value is -0.790. The molecule has 2 heteroatoms. The number of nitrogens with zero attached hydrogens (tertiary/aromatic N) is 2. The molecule has 14 heavy (non-hydrogen) atoms. The molecule has 1 fully saturated rings. The molecule has 2 nitrogen and oxygen atoms in total. The first kappa shape index (κ1) is 9.75. The van der Waals surface area contributed by atoms with Gasteiger partial charge in [0.15, 0.2) is 0 Å². The molecule has 0 atom stereocenters.